The molecule has 0 aromatic carbocycles. The van der Waals surface area contributed by atoms with E-state index < -0.39 is 0 Å². The Bertz CT molecular complexity index is 558. The number of anilines is 1. The van der Waals surface area contributed by atoms with Gasteiger partial charge in [-0.1, -0.05) is 12.1 Å². The highest BCUT2D eigenvalue weighted by Gasteiger charge is 2.26. The predicted octanol–water partition coefficient (Wildman–Crippen LogP) is 1.26. The third-order valence-corrected chi connectivity index (χ3v) is 3.89. The quantitative estimate of drug-likeness (QED) is 0.881. The molecular weight excluding hydrogens is 300 g/mol. The molecule has 0 bridgehead atoms. The van der Waals surface area contributed by atoms with Gasteiger partial charge >= 0.3 is 6.03 Å². The lowest BCUT2D eigenvalue weighted by Gasteiger charge is -2.21. The van der Waals surface area contributed by atoms with Crippen LogP contribution in [0.3, 0.4) is 0 Å². The minimum Gasteiger partial charge on any atom is -0.383 e. The van der Waals surface area contributed by atoms with Crippen molar-refractivity contribution in [2.24, 2.45) is 0 Å². The molecule has 0 radical (unpaired) electrons. The van der Waals surface area contributed by atoms with Crippen molar-refractivity contribution in [3.8, 4) is 0 Å². The summed E-state index contributed by atoms with van der Waals surface area (Å²) in [5.74, 6) is 0.505. The number of rotatable bonds is 5. The number of hydrogen-bond acceptors (Lipinski definition) is 5. The van der Waals surface area contributed by atoms with Gasteiger partial charge in [0.1, 0.15) is 17.9 Å². The second-order valence-electron chi connectivity index (χ2n) is 5.49. The minimum absolute atomic E-state index is 0.0625. The number of urea groups is 1. The summed E-state index contributed by atoms with van der Waals surface area (Å²) in [6, 6.07) is -0.298. The number of nitrogens with one attached hydrogen (secondary N) is 1. The molecule has 0 atom stereocenters. The van der Waals surface area contributed by atoms with Crippen LogP contribution in [-0.4, -0.2) is 66.8 Å². The van der Waals surface area contributed by atoms with Crippen molar-refractivity contribution >= 4 is 17.6 Å². The topological polar surface area (TPSA) is 87.9 Å². The van der Waals surface area contributed by atoms with Gasteiger partial charge in [-0.05, 0) is 19.8 Å². The van der Waals surface area contributed by atoms with Crippen molar-refractivity contribution in [3.05, 3.63) is 11.5 Å². The van der Waals surface area contributed by atoms with Crippen LogP contribution in [0.4, 0.5) is 10.5 Å². The van der Waals surface area contributed by atoms with Crippen molar-refractivity contribution in [1.29, 1.82) is 0 Å². The highest BCUT2D eigenvalue weighted by atomic mass is 16.5. The van der Waals surface area contributed by atoms with Crippen molar-refractivity contribution in [2.45, 2.75) is 26.7 Å². The second-order valence-corrected chi connectivity index (χ2v) is 5.49. The SMILES string of the molecule is CCc1noc(C)c1NC(=O)N1CCCN(CCOC)C(=O)C1. The smallest absolute Gasteiger partial charge is 0.322 e. The monoisotopic (exact) mass is 324 g/mol. The molecule has 8 nitrogen and oxygen atoms in total. The lowest BCUT2D eigenvalue weighted by molar-refractivity contribution is -0.131. The average Bonchev–Trinajstić information content (AvgIpc) is 2.77. The Balaban J connectivity index is 1.99. The fraction of sp³-hybridized carbons (Fsp3) is 0.667. The molecule has 3 amide bonds. The summed E-state index contributed by atoms with van der Waals surface area (Å²) >= 11 is 0. The summed E-state index contributed by atoms with van der Waals surface area (Å²) in [6.07, 6.45) is 1.41. The molecule has 0 unspecified atom stereocenters. The van der Waals surface area contributed by atoms with Gasteiger partial charge in [-0.3, -0.25) is 4.79 Å². The molecule has 0 spiro atoms. The van der Waals surface area contributed by atoms with Crippen LogP contribution in [0.1, 0.15) is 24.8 Å². The molecule has 1 aromatic rings. The van der Waals surface area contributed by atoms with Crippen LogP contribution in [0.25, 0.3) is 0 Å². The van der Waals surface area contributed by atoms with Gasteiger partial charge in [0.05, 0.1) is 6.61 Å². The Hall–Kier alpha value is -2.09. The van der Waals surface area contributed by atoms with Gasteiger partial charge in [0.25, 0.3) is 0 Å². The highest BCUT2D eigenvalue weighted by molar-refractivity contribution is 5.93. The van der Waals surface area contributed by atoms with E-state index >= 15 is 0 Å². The fourth-order valence-corrected chi connectivity index (χ4v) is 2.54. The molecule has 1 aliphatic heterocycles. The van der Waals surface area contributed by atoms with Gasteiger partial charge in [-0.2, -0.15) is 0 Å². The van der Waals surface area contributed by atoms with Gasteiger partial charge < -0.3 is 24.4 Å². The van der Waals surface area contributed by atoms with Crippen molar-refractivity contribution in [3.63, 3.8) is 0 Å². The number of methoxy groups -OCH3 is 1. The van der Waals surface area contributed by atoms with Gasteiger partial charge in [0, 0.05) is 26.7 Å². The van der Waals surface area contributed by atoms with E-state index in [1.807, 2.05) is 6.92 Å². The normalized spacial score (nSPS) is 15.7. The number of amides is 3. The summed E-state index contributed by atoms with van der Waals surface area (Å²) in [4.78, 5) is 28.0. The first-order valence-electron chi connectivity index (χ1n) is 7.84. The van der Waals surface area contributed by atoms with E-state index in [0.717, 1.165) is 6.42 Å². The molecular formula is C15H24N4O4. The Morgan fingerprint density at radius 1 is 1.43 bits per heavy atom. The maximum atomic E-state index is 12.5. The number of nitrogens with zero attached hydrogens (tertiary/aromatic N) is 3. The number of aromatic nitrogens is 1. The van der Waals surface area contributed by atoms with Gasteiger partial charge in [-0.15, -0.1) is 0 Å². The van der Waals surface area contributed by atoms with Gasteiger partial charge in [0.2, 0.25) is 5.91 Å². The largest absolute Gasteiger partial charge is 0.383 e. The number of carbonyl (C=O) groups excluding carboxylic acids is 2. The molecule has 2 rings (SSSR count). The van der Waals surface area contributed by atoms with Crippen LogP contribution in [0.5, 0.6) is 0 Å². The maximum Gasteiger partial charge on any atom is 0.322 e. The van der Waals surface area contributed by atoms with Gasteiger partial charge in [0.15, 0.2) is 5.76 Å². The lowest BCUT2D eigenvalue weighted by Crippen LogP contribution is -2.42. The zero-order valence-corrected chi connectivity index (χ0v) is 13.9. The first kappa shape index (κ1) is 17.3. The van der Waals surface area contributed by atoms with Crippen molar-refractivity contribution in [2.75, 3.05) is 45.2 Å². The van der Waals surface area contributed by atoms with Crippen LogP contribution in [0.15, 0.2) is 4.52 Å². The molecule has 1 N–H and O–H groups in total. The van der Waals surface area contributed by atoms with Crippen molar-refractivity contribution < 1.29 is 18.8 Å². The number of hydrogen-bond donors (Lipinski definition) is 1. The van der Waals surface area contributed by atoms with Crippen LogP contribution >= 0.6 is 0 Å². The number of carbonyl (C=O) groups is 2. The summed E-state index contributed by atoms with van der Waals surface area (Å²) in [7, 11) is 1.61. The minimum atomic E-state index is -0.298. The van der Waals surface area contributed by atoms with E-state index in [2.05, 4.69) is 10.5 Å². The first-order chi connectivity index (χ1) is 11.1. The van der Waals surface area contributed by atoms with E-state index in [1.165, 1.54) is 4.90 Å². The van der Waals surface area contributed by atoms with E-state index in [1.54, 1.807) is 18.9 Å². The molecule has 1 saturated heterocycles. The molecule has 1 aliphatic rings. The molecule has 1 fully saturated rings. The molecule has 1 aromatic heterocycles. The van der Waals surface area contributed by atoms with Crippen LogP contribution in [0, 0.1) is 6.92 Å². The molecule has 0 aliphatic carbocycles. The zero-order chi connectivity index (χ0) is 16.8. The Labute approximate surface area is 135 Å². The van der Waals surface area contributed by atoms with Crippen molar-refractivity contribution in [1.82, 2.24) is 15.0 Å². The lowest BCUT2D eigenvalue weighted by atomic mass is 10.2. The standard InChI is InChI=1S/C15H24N4O4/c1-4-12-14(11(2)23-17-12)16-15(21)19-7-5-6-18(8-9-22-3)13(20)10-19/h4-10H2,1-3H3,(H,16,21). The Kier molecular flexibility index (Phi) is 5.97. The van der Waals surface area contributed by atoms with Gasteiger partial charge in [-0.25, -0.2) is 4.79 Å². The van der Waals surface area contributed by atoms with E-state index in [-0.39, 0.29) is 18.5 Å². The molecule has 2 heterocycles. The highest BCUT2D eigenvalue weighted by Crippen LogP contribution is 2.21. The summed E-state index contributed by atoms with van der Waals surface area (Å²) in [5.41, 5.74) is 1.31. The third-order valence-electron chi connectivity index (χ3n) is 3.89. The summed E-state index contributed by atoms with van der Waals surface area (Å²) in [5, 5.41) is 6.74. The van der Waals surface area contributed by atoms with Crippen LogP contribution in [0.2, 0.25) is 0 Å². The summed E-state index contributed by atoms with van der Waals surface area (Å²) in [6.45, 7) is 5.98. The number of aryl methyl sites for hydroxylation is 2. The third kappa shape index (κ3) is 4.22. The maximum absolute atomic E-state index is 12.5. The van der Waals surface area contributed by atoms with E-state index in [0.29, 0.717) is 49.8 Å². The van der Waals surface area contributed by atoms with Crippen LogP contribution < -0.4 is 5.32 Å². The molecule has 0 saturated carbocycles. The number of ether oxygens (including phenoxy) is 1. The fourth-order valence-electron chi connectivity index (χ4n) is 2.54. The predicted molar refractivity (Wildman–Crippen MR) is 84.3 cm³/mol. The molecule has 8 heteroatoms. The Morgan fingerprint density at radius 3 is 2.91 bits per heavy atom. The average molecular weight is 324 g/mol. The van der Waals surface area contributed by atoms with Crippen LogP contribution in [-0.2, 0) is 16.0 Å². The second kappa shape index (κ2) is 7.96. The molecule has 23 heavy (non-hydrogen) atoms. The summed E-state index contributed by atoms with van der Waals surface area (Å²) < 4.78 is 10.1. The Morgan fingerprint density at radius 2 is 2.22 bits per heavy atom. The van der Waals surface area contributed by atoms with E-state index in [4.69, 9.17) is 9.26 Å². The zero-order valence-electron chi connectivity index (χ0n) is 13.9. The van der Waals surface area contributed by atoms with E-state index in [9.17, 15) is 9.59 Å². The molecule has 128 valence electrons. The first-order valence-corrected chi connectivity index (χ1v) is 7.84.